The molecule has 0 unspecified atom stereocenters. The number of ether oxygens (including phenoxy) is 1. The summed E-state index contributed by atoms with van der Waals surface area (Å²) in [6.45, 7) is 11.0. The minimum Gasteiger partial charge on any atom is -0.465 e. The van der Waals surface area contributed by atoms with Crippen LogP contribution in [0.4, 0.5) is 0 Å². The lowest BCUT2D eigenvalue weighted by molar-refractivity contribution is -0.153. The van der Waals surface area contributed by atoms with E-state index in [2.05, 4.69) is 41.1 Å². The molecule has 2 aromatic rings. The molecule has 0 aliphatic carbocycles. The van der Waals surface area contributed by atoms with Gasteiger partial charge in [-0.3, -0.25) is 9.69 Å². The summed E-state index contributed by atoms with van der Waals surface area (Å²) in [5, 5.41) is 1.40. The second kappa shape index (κ2) is 7.79. The molecule has 0 saturated carbocycles. The van der Waals surface area contributed by atoms with Crippen LogP contribution < -0.4 is 0 Å². The van der Waals surface area contributed by atoms with Crippen molar-refractivity contribution in [2.75, 3.05) is 19.7 Å². The molecule has 1 saturated heterocycles. The van der Waals surface area contributed by atoms with Crippen molar-refractivity contribution in [1.29, 1.82) is 0 Å². The van der Waals surface area contributed by atoms with E-state index in [-0.39, 0.29) is 11.4 Å². The third kappa shape index (κ3) is 3.72. The van der Waals surface area contributed by atoms with Crippen LogP contribution in [-0.4, -0.2) is 35.5 Å². The largest absolute Gasteiger partial charge is 0.465 e. The molecule has 4 rings (SSSR count). The first-order valence-electron chi connectivity index (χ1n) is 11.4. The maximum atomic E-state index is 12.1. The lowest BCUT2D eigenvalue weighted by Gasteiger charge is -2.52. The van der Waals surface area contributed by atoms with Gasteiger partial charge < -0.3 is 9.72 Å². The fraction of sp³-hybridized carbons (Fsp3) is 0.640. The number of nitrogens with one attached hydrogen (secondary N) is 1. The lowest BCUT2D eigenvalue weighted by atomic mass is 9.65. The highest BCUT2D eigenvalue weighted by atomic mass is 16.5. The molecular formula is C25H36N2O2. The average Bonchev–Trinajstić information content (AvgIpc) is 3.09. The van der Waals surface area contributed by atoms with Crippen molar-refractivity contribution < 1.29 is 9.53 Å². The number of carbonyl (C=O) groups is 1. The number of aromatic amines is 1. The molecule has 29 heavy (non-hydrogen) atoms. The minimum absolute atomic E-state index is 0.0936. The predicted octanol–water partition coefficient (Wildman–Crippen LogP) is 5.63. The highest BCUT2D eigenvalue weighted by Crippen LogP contribution is 2.53. The minimum atomic E-state index is -0.424. The van der Waals surface area contributed by atoms with Gasteiger partial charge in [0.2, 0.25) is 0 Å². The number of benzene rings is 1. The van der Waals surface area contributed by atoms with Crippen LogP contribution >= 0.6 is 0 Å². The van der Waals surface area contributed by atoms with Gasteiger partial charge in [0, 0.05) is 23.1 Å². The van der Waals surface area contributed by atoms with Crippen LogP contribution in [0.5, 0.6) is 0 Å². The van der Waals surface area contributed by atoms with Crippen molar-refractivity contribution in [1.82, 2.24) is 9.88 Å². The number of hydrogen-bond acceptors (Lipinski definition) is 3. The van der Waals surface area contributed by atoms with Crippen molar-refractivity contribution in [2.45, 2.75) is 72.3 Å². The third-order valence-electron chi connectivity index (χ3n) is 7.20. The molecule has 3 heterocycles. The van der Waals surface area contributed by atoms with Gasteiger partial charge in [-0.25, -0.2) is 0 Å². The molecule has 1 N–H and O–H groups in total. The number of nitrogens with zero attached hydrogens (tertiary/aromatic N) is 1. The summed E-state index contributed by atoms with van der Waals surface area (Å²) in [6.07, 6.45) is 6.87. The Morgan fingerprint density at radius 2 is 2.07 bits per heavy atom. The van der Waals surface area contributed by atoms with Crippen molar-refractivity contribution in [2.24, 2.45) is 10.8 Å². The van der Waals surface area contributed by atoms with Crippen LogP contribution in [0.2, 0.25) is 0 Å². The summed E-state index contributed by atoms with van der Waals surface area (Å²) in [5.74, 6) is -0.0936. The van der Waals surface area contributed by atoms with Gasteiger partial charge in [-0.2, -0.15) is 0 Å². The molecule has 0 spiro atoms. The Morgan fingerprint density at radius 1 is 1.28 bits per heavy atom. The number of piperidine rings is 1. The smallest absolute Gasteiger partial charge is 0.311 e. The fourth-order valence-electron chi connectivity index (χ4n) is 5.61. The second-order valence-corrected chi connectivity index (χ2v) is 10.1. The molecule has 1 aromatic carbocycles. The predicted molar refractivity (Wildman–Crippen MR) is 118 cm³/mol. The zero-order chi connectivity index (χ0) is 20.6. The van der Waals surface area contributed by atoms with Crippen LogP contribution in [0.25, 0.3) is 10.9 Å². The molecule has 2 aliphatic rings. The van der Waals surface area contributed by atoms with Crippen molar-refractivity contribution >= 4 is 16.9 Å². The first-order chi connectivity index (χ1) is 13.9. The highest BCUT2D eigenvalue weighted by Gasteiger charge is 2.47. The van der Waals surface area contributed by atoms with E-state index in [0.29, 0.717) is 12.6 Å². The van der Waals surface area contributed by atoms with E-state index in [1.165, 1.54) is 41.5 Å². The molecule has 0 radical (unpaired) electrons. The maximum Gasteiger partial charge on any atom is 0.311 e. The van der Waals surface area contributed by atoms with Crippen molar-refractivity contribution in [3.05, 3.63) is 35.5 Å². The first-order valence-corrected chi connectivity index (χ1v) is 11.4. The standard InChI is InChI=1S/C25H36N2O2/c1-5-25(14-9-17-29-23(28)24(2,3)4)13-8-15-27-16-12-19-18-10-6-7-11-20(18)26-21(19)22(25)27/h6-7,10-11,22,26H,5,8-9,12-17H2,1-4H3/t22-,25+/m1/s1. The summed E-state index contributed by atoms with van der Waals surface area (Å²) in [6, 6.07) is 9.21. The monoisotopic (exact) mass is 396 g/mol. The number of esters is 1. The molecular weight excluding hydrogens is 360 g/mol. The number of hydrogen-bond donors (Lipinski definition) is 1. The Kier molecular flexibility index (Phi) is 5.50. The summed E-state index contributed by atoms with van der Waals surface area (Å²) in [4.78, 5) is 18.6. The van der Waals surface area contributed by atoms with Crippen molar-refractivity contribution in [3.63, 3.8) is 0 Å². The molecule has 4 nitrogen and oxygen atoms in total. The number of para-hydroxylation sites is 1. The normalized spacial score (nSPS) is 24.9. The summed E-state index contributed by atoms with van der Waals surface area (Å²) in [7, 11) is 0. The van der Waals surface area contributed by atoms with E-state index < -0.39 is 5.41 Å². The Hall–Kier alpha value is -1.81. The van der Waals surface area contributed by atoms with Crippen LogP contribution in [0.15, 0.2) is 24.3 Å². The lowest BCUT2D eigenvalue weighted by Crippen LogP contribution is -2.49. The van der Waals surface area contributed by atoms with E-state index in [1.54, 1.807) is 0 Å². The molecule has 0 amide bonds. The summed E-state index contributed by atoms with van der Waals surface area (Å²) >= 11 is 0. The molecule has 2 atom stereocenters. The number of carbonyl (C=O) groups excluding carboxylic acids is 1. The number of aromatic nitrogens is 1. The fourth-order valence-corrected chi connectivity index (χ4v) is 5.61. The third-order valence-corrected chi connectivity index (χ3v) is 7.20. The van der Waals surface area contributed by atoms with Gasteiger partial charge in [-0.15, -0.1) is 0 Å². The van der Waals surface area contributed by atoms with Crippen LogP contribution in [-0.2, 0) is 16.0 Å². The van der Waals surface area contributed by atoms with Gasteiger partial charge in [0.1, 0.15) is 0 Å². The molecule has 1 aromatic heterocycles. The first kappa shape index (κ1) is 20.5. The maximum absolute atomic E-state index is 12.1. The van der Waals surface area contributed by atoms with Gasteiger partial charge in [-0.1, -0.05) is 25.1 Å². The van der Waals surface area contributed by atoms with Gasteiger partial charge in [-0.05, 0) is 82.9 Å². The van der Waals surface area contributed by atoms with E-state index in [4.69, 9.17) is 4.74 Å². The van der Waals surface area contributed by atoms with Gasteiger partial charge in [0.15, 0.2) is 0 Å². The van der Waals surface area contributed by atoms with E-state index in [9.17, 15) is 4.79 Å². The van der Waals surface area contributed by atoms with Gasteiger partial charge in [0.25, 0.3) is 0 Å². The Balaban J connectivity index is 1.57. The summed E-state index contributed by atoms with van der Waals surface area (Å²) in [5.41, 5.74) is 4.08. The van der Waals surface area contributed by atoms with Gasteiger partial charge in [0.05, 0.1) is 18.1 Å². The zero-order valence-electron chi connectivity index (χ0n) is 18.5. The van der Waals surface area contributed by atoms with E-state index in [0.717, 1.165) is 32.2 Å². The Bertz CT molecular complexity index is 879. The quantitative estimate of drug-likeness (QED) is 0.526. The van der Waals surface area contributed by atoms with Crippen LogP contribution in [0.1, 0.15) is 77.1 Å². The van der Waals surface area contributed by atoms with Gasteiger partial charge >= 0.3 is 5.97 Å². The molecule has 0 bridgehead atoms. The molecule has 4 heteroatoms. The van der Waals surface area contributed by atoms with Crippen LogP contribution in [0, 0.1) is 10.8 Å². The zero-order valence-corrected chi connectivity index (χ0v) is 18.5. The van der Waals surface area contributed by atoms with E-state index in [1.807, 2.05) is 20.8 Å². The number of H-pyrrole nitrogens is 1. The second-order valence-electron chi connectivity index (χ2n) is 10.1. The van der Waals surface area contributed by atoms with E-state index >= 15 is 0 Å². The molecule has 158 valence electrons. The summed E-state index contributed by atoms with van der Waals surface area (Å²) < 4.78 is 5.58. The highest BCUT2D eigenvalue weighted by molar-refractivity contribution is 5.85. The topological polar surface area (TPSA) is 45.3 Å². The number of rotatable bonds is 5. The molecule has 2 aliphatic heterocycles. The molecule has 1 fully saturated rings. The average molecular weight is 397 g/mol. The Labute approximate surface area is 175 Å². The SMILES string of the molecule is CC[C@@]1(CCCOC(=O)C(C)(C)C)CCCN2CCc3c([nH]c4ccccc34)[C@@H]21. The van der Waals surface area contributed by atoms with Crippen LogP contribution in [0.3, 0.4) is 0 Å². The number of fused-ring (bicyclic) bond motifs is 5. The Morgan fingerprint density at radius 3 is 2.83 bits per heavy atom. The van der Waals surface area contributed by atoms with Crippen molar-refractivity contribution in [3.8, 4) is 0 Å².